The predicted molar refractivity (Wildman–Crippen MR) is 86.3 cm³/mol. The van der Waals surface area contributed by atoms with E-state index in [2.05, 4.69) is 43.8 Å². The molecule has 1 amide bonds. The molecule has 2 nitrogen and oxygen atoms in total. The Morgan fingerprint density at radius 3 is 2.50 bits per heavy atom. The largest absolute Gasteiger partial charge is 0.322 e. The average molecular weight is 436 g/mol. The molecule has 18 heavy (non-hydrogen) atoms. The summed E-state index contributed by atoms with van der Waals surface area (Å²) in [5.41, 5.74) is 1.20. The Bertz CT molecular complexity index is 586. The van der Waals surface area contributed by atoms with Crippen LogP contribution in [-0.4, -0.2) is 5.91 Å². The summed E-state index contributed by atoms with van der Waals surface area (Å²) in [5.74, 6) is -0.220. The normalized spacial score (nSPS) is 10.2. The Labute approximate surface area is 132 Å². The van der Waals surface area contributed by atoms with Crippen LogP contribution in [0.25, 0.3) is 0 Å². The minimum Gasteiger partial charge on any atom is -0.322 e. The molecule has 0 saturated heterocycles. The van der Waals surface area contributed by atoms with Crippen LogP contribution in [0, 0.1) is 3.57 Å². The molecule has 2 rings (SSSR count). The number of rotatable bonds is 2. The van der Waals surface area contributed by atoms with Gasteiger partial charge in [0.05, 0.1) is 10.6 Å². The molecule has 0 unspecified atom stereocenters. The Morgan fingerprint density at radius 2 is 1.83 bits per heavy atom. The van der Waals surface area contributed by atoms with Gasteiger partial charge >= 0.3 is 0 Å². The quantitative estimate of drug-likeness (QED) is 0.663. The van der Waals surface area contributed by atoms with E-state index in [1.807, 2.05) is 24.3 Å². The molecule has 0 heterocycles. The van der Waals surface area contributed by atoms with Gasteiger partial charge in [0.25, 0.3) is 5.91 Å². The van der Waals surface area contributed by atoms with E-state index in [0.717, 1.165) is 13.7 Å². The predicted octanol–water partition coefficient (Wildman–Crippen LogP) is 4.96. The van der Waals surface area contributed by atoms with Crippen LogP contribution in [0.1, 0.15) is 10.4 Å². The highest BCUT2D eigenvalue weighted by Crippen LogP contribution is 2.22. The van der Waals surface area contributed by atoms with Crippen LogP contribution in [0.4, 0.5) is 5.69 Å². The number of carbonyl (C=O) groups is 1. The van der Waals surface area contributed by atoms with Crippen molar-refractivity contribution >= 4 is 61.7 Å². The standard InChI is InChI=1S/C13H8BrClINO/c14-8-1-6-12(15)11(7-8)13(18)17-10-4-2-9(16)3-5-10/h1-7H,(H,17,18). The molecule has 1 N–H and O–H groups in total. The molecule has 0 aliphatic heterocycles. The van der Waals surface area contributed by atoms with Crippen LogP contribution in [0.3, 0.4) is 0 Å². The van der Waals surface area contributed by atoms with Crippen LogP contribution in [0.5, 0.6) is 0 Å². The average Bonchev–Trinajstić information content (AvgIpc) is 2.35. The van der Waals surface area contributed by atoms with Crippen LogP contribution in [0.15, 0.2) is 46.9 Å². The van der Waals surface area contributed by atoms with E-state index in [1.165, 1.54) is 0 Å². The summed E-state index contributed by atoms with van der Waals surface area (Å²) in [5, 5.41) is 3.24. The van der Waals surface area contributed by atoms with E-state index in [1.54, 1.807) is 18.2 Å². The van der Waals surface area contributed by atoms with Crippen molar-refractivity contribution < 1.29 is 4.79 Å². The molecule has 0 bridgehead atoms. The lowest BCUT2D eigenvalue weighted by Crippen LogP contribution is -2.12. The SMILES string of the molecule is O=C(Nc1ccc(I)cc1)c1cc(Br)ccc1Cl. The molecule has 0 aliphatic carbocycles. The molecule has 0 atom stereocenters. The number of amides is 1. The van der Waals surface area contributed by atoms with Gasteiger partial charge < -0.3 is 5.32 Å². The molecule has 0 spiro atoms. The number of nitrogens with one attached hydrogen (secondary N) is 1. The first-order chi connectivity index (χ1) is 8.56. The number of hydrogen-bond donors (Lipinski definition) is 1. The van der Waals surface area contributed by atoms with Gasteiger partial charge in [-0.3, -0.25) is 4.79 Å². The molecule has 2 aromatic rings. The van der Waals surface area contributed by atoms with Gasteiger partial charge in [-0.1, -0.05) is 27.5 Å². The molecule has 0 aromatic heterocycles. The van der Waals surface area contributed by atoms with Gasteiger partial charge in [0.1, 0.15) is 0 Å². The van der Waals surface area contributed by atoms with E-state index in [4.69, 9.17) is 11.6 Å². The van der Waals surface area contributed by atoms with Crippen molar-refractivity contribution in [3.05, 3.63) is 61.1 Å². The summed E-state index contributed by atoms with van der Waals surface area (Å²) >= 11 is 11.5. The van der Waals surface area contributed by atoms with E-state index in [0.29, 0.717) is 10.6 Å². The molecule has 2 aromatic carbocycles. The van der Waals surface area contributed by atoms with E-state index < -0.39 is 0 Å². The summed E-state index contributed by atoms with van der Waals surface area (Å²) < 4.78 is 1.94. The summed E-state index contributed by atoms with van der Waals surface area (Å²) in [6.07, 6.45) is 0. The van der Waals surface area contributed by atoms with Gasteiger partial charge in [-0.25, -0.2) is 0 Å². The zero-order valence-corrected chi connectivity index (χ0v) is 13.6. The highest BCUT2D eigenvalue weighted by atomic mass is 127. The Balaban J connectivity index is 2.21. The van der Waals surface area contributed by atoms with Crippen molar-refractivity contribution in [2.45, 2.75) is 0 Å². The molecule has 0 aliphatic rings. The highest BCUT2D eigenvalue weighted by Gasteiger charge is 2.10. The Kier molecular flexibility index (Phi) is 4.64. The van der Waals surface area contributed by atoms with E-state index in [9.17, 15) is 4.79 Å². The zero-order valence-electron chi connectivity index (χ0n) is 9.08. The maximum Gasteiger partial charge on any atom is 0.257 e. The summed E-state index contributed by atoms with van der Waals surface area (Å²) in [4.78, 5) is 12.1. The molecular formula is C13H8BrClINO. The van der Waals surface area contributed by atoms with Crippen LogP contribution in [0.2, 0.25) is 5.02 Å². The Morgan fingerprint density at radius 1 is 1.17 bits per heavy atom. The molecule has 92 valence electrons. The van der Waals surface area contributed by atoms with E-state index in [-0.39, 0.29) is 5.91 Å². The minimum atomic E-state index is -0.220. The molecular weight excluding hydrogens is 428 g/mol. The third kappa shape index (κ3) is 3.46. The zero-order chi connectivity index (χ0) is 13.1. The van der Waals surface area contributed by atoms with Crippen molar-refractivity contribution in [3.8, 4) is 0 Å². The van der Waals surface area contributed by atoms with Gasteiger partial charge in [-0.15, -0.1) is 0 Å². The fraction of sp³-hybridized carbons (Fsp3) is 0. The van der Waals surface area contributed by atoms with Crippen LogP contribution in [-0.2, 0) is 0 Å². The van der Waals surface area contributed by atoms with Gasteiger partial charge in [0, 0.05) is 13.7 Å². The van der Waals surface area contributed by atoms with Crippen LogP contribution < -0.4 is 5.32 Å². The molecule has 5 heteroatoms. The van der Waals surface area contributed by atoms with Crippen LogP contribution >= 0.6 is 50.1 Å². The summed E-state index contributed by atoms with van der Waals surface area (Å²) in [6, 6.07) is 12.7. The number of benzene rings is 2. The number of carbonyl (C=O) groups excluding carboxylic acids is 1. The maximum atomic E-state index is 12.1. The van der Waals surface area contributed by atoms with Crippen molar-refractivity contribution in [1.82, 2.24) is 0 Å². The lowest BCUT2D eigenvalue weighted by atomic mass is 10.2. The lowest BCUT2D eigenvalue weighted by molar-refractivity contribution is 0.102. The summed E-state index contributed by atoms with van der Waals surface area (Å²) in [7, 11) is 0. The Hall–Kier alpha value is -0.590. The van der Waals surface area contributed by atoms with Gasteiger partial charge in [-0.2, -0.15) is 0 Å². The smallest absolute Gasteiger partial charge is 0.257 e. The second kappa shape index (κ2) is 6.04. The van der Waals surface area contributed by atoms with E-state index >= 15 is 0 Å². The van der Waals surface area contributed by atoms with Crippen molar-refractivity contribution in [1.29, 1.82) is 0 Å². The van der Waals surface area contributed by atoms with Crippen molar-refractivity contribution in [3.63, 3.8) is 0 Å². The third-order valence-corrected chi connectivity index (χ3v) is 3.82. The van der Waals surface area contributed by atoms with Gasteiger partial charge in [0.15, 0.2) is 0 Å². The topological polar surface area (TPSA) is 29.1 Å². The second-order valence-electron chi connectivity index (χ2n) is 3.59. The van der Waals surface area contributed by atoms with Crippen molar-refractivity contribution in [2.75, 3.05) is 5.32 Å². The lowest BCUT2D eigenvalue weighted by Gasteiger charge is -2.07. The first kappa shape index (κ1) is 13.8. The summed E-state index contributed by atoms with van der Waals surface area (Å²) in [6.45, 7) is 0. The first-order valence-electron chi connectivity index (χ1n) is 5.08. The molecule has 0 radical (unpaired) electrons. The number of halogens is 3. The number of anilines is 1. The third-order valence-electron chi connectivity index (χ3n) is 2.28. The maximum absolute atomic E-state index is 12.1. The first-order valence-corrected chi connectivity index (χ1v) is 7.33. The second-order valence-corrected chi connectivity index (χ2v) is 6.15. The van der Waals surface area contributed by atoms with Crippen molar-refractivity contribution in [2.24, 2.45) is 0 Å². The highest BCUT2D eigenvalue weighted by molar-refractivity contribution is 14.1. The molecule has 0 fully saturated rings. The minimum absolute atomic E-state index is 0.220. The monoisotopic (exact) mass is 435 g/mol. The number of hydrogen-bond acceptors (Lipinski definition) is 1. The fourth-order valence-corrected chi connectivity index (χ4v) is 2.33. The fourth-order valence-electron chi connectivity index (χ4n) is 1.40. The van der Waals surface area contributed by atoms with Gasteiger partial charge in [-0.05, 0) is 65.1 Å². The molecule has 0 saturated carbocycles. The van der Waals surface area contributed by atoms with Gasteiger partial charge in [0.2, 0.25) is 0 Å².